The van der Waals surface area contributed by atoms with E-state index in [1.165, 1.54) is 5.56 Å². The van der Waals surface area contributed by atoms with Crippen molar-refractivity contribution in [1.29, 1.82) is 0 Å². The van der Waals surface area contributed by atoms with Gasteiger partial charge in [0.15, 0.2) is 0 Å². The van der Waals surface area contributed by atoms with Crippen LogP contribution in [0.5, 0.6) is 0 Å². The molecule has 2 nitrogen and oxygen atoms in total. The summed E-state index contributed by atoms with van der Waals surface area (Å²) in [5.41, 5.74) is 2.22. The van der Waals surface area contributed by atoms with Crippen molar-refractivity contribution in [1.82, 2.24) is 9.55 Å². The van der Waals surface area contributed by atoms with Gasteiger partial charge in [-0.1, -0.05) is 18.5 Å². The summed E-state index contributed by atoms with van der Waals surface area (Å²) in [6, 6.07) is 1.84. The molecule has 0 bridgehead atoms. The first-order valence-corrected chi connectivity index (χ1v) is 4.70. The van der Waals surface area contributed by atoms with Gasteiger partial charge in [-0.25, -0.2) is 4.98 Å². The average molecular weight is 195 g/mol. The lowest BCUT2D eigenvalue weighted by Crippen LogP contribution is -1.86. The van der Waals surface area contributed by atoms with Gasteiger partial charge in [0, 0.05) is 24.8 Å². The third kappa shape index (κ3) is 1.22. The Labute approximate surface area is 82.1 Å². The van der Waals surface area contributed by atoms with E-state index in [0.717, 1.165) is 22.5 Å². The molecule has 0 aliphatic heterocycles. The largest absolute Gasteiger partial charge is 0.335 e. The normalized spacial score (nSPS) is 11.0. The number of aryl methyl sites for hydroxylation is 2. The molecule has 0 fully saturated rings. The fraction of sp³-hybridized carbons (Fsp3) is 0.300. The highest BCUT2D eigenvalue weighted by molar-refractivity contribution is 6.35. The topological polar surface area (TPSA) is 17.8 Å². The molecule has 3 heteroatoms. The van der Waals surface area contributed by atoms with E-state index < -0.39 is 0 Å². The molecule has 0 N–H and O–H groups in total. The third-order valence-corrected chi connectivity index (χ3v) is 2.58. The first-order chi connectivity index (χ1) is 6.24. The Bertz CT molecular complexity index is 445. The van der Waals surface area contributed by atoms with Gasteiger partial charge < -0.3 is 4.57 Å². The van der Waals surface area contributed by atoms with E-state index in [1.807, 2.05) is 17.7 Å². The van der Waals surface area contributed by atoms with Gasteiger partial charge in [-0.3, -0.25) is 0 Å². The Morgan fingerprint density at radius 2 is 2.31 bits per heavy atom. The lowest BCUT2D eigenvalue weighted by molar-refractivity contribution is 0.937. The van der Waals surface area contributed by atoms with Crippen molar-refractivity contribution in [2.75, 3.05) is 0 Å². The minimum Gasteiger partial charge on any atom is -0.335 e. The van der Waals surface area contributed by atoms with Crippen molar-refractivity contribution in [2.45, 2.75) is 13.3 Å². The Morgan fingerprint density at radius 3 is 3.00 bits per heavy atom. The number of aromatic nitrogens is 2. The minimum atomic E-state index is 0.794. The molecule has 0 saturated heterocycles. The van der Waals surface area contributed by atoms with Crippen LogP contribution in [0.3, 0.4) is 0 Å². The molecule has 2 rings (SSSR count). The highest BCUT2D eigenvalue weighted by Gasteiger charge is 2.08. The highest BCUT2D eigenvalue weighted by Crippen LogP contribution is 2.26. The molecule has 0 aliphatic rings. The van der Waals surface area contributed by atoms with Crippen molar-refractivity contribution in [2.24, 2.45) is 7.05 Å². The maximum absolute atomic E-state index is 6.10. The van der Waals surface area contributed by atoms with Crippen molar-refractivity contribution in [3.8, 4) is 0 Å². The summed E-state index contributed by atoms with van der Waals surface area (Å²) in [6.07, 6.45) is 4.82. The van der Waals surface area contributed by atoms with Crippen LogP contribution in [0.25, 0.3) is 11.0 Å². The molecule has 13 heavy (non-hydrogen) atoms. The Hall–Kier alpha value is -1.02. The number of fused-ring (bicyclic) bond motifs is 1. The first kappa shape index (κ1) is 8.57. The fourth-order valence-electron chi connectivity index (χ4n) is 1.62. The van der Waals surface area contributed by atoms with Crippen LogP contribution in [-0.4, -0.2) is 9.55 Å². The zero-order valence-electron chi connectivity index (χ0n) is 7.71. The van der Waals surface area contributed by atoms with E-state index in [2.05, 4.69) is 18.1 Å². The molecule has 0 atom stereocenters. The van der Waals surface area contributed by atoms with E-state index in [9.17, 15) is 0 Å². The predicted octanol–water partition coefficient (Wildman–Crippen LogP) is 2.79. The molecule has 0 amide bonds. The minimum absolute atomic E-state index is 0.794. The number of nitrogens with zero attached hydrogens (tertiary/aromatic N) is 2. The molecule has 0 radical (unpaired) electrons. The quantitative estimate of drug-likeness (QED) is 0.683. The fourth-order valence-corrected chi connectivity index (χ4v) is 1.88. The van der Waals surface area contributed by atoms with Crippen LogP contribution in [0.15, 0.2) is 18.5 Å². The summed E-state index contributed by atoms with van der Waals surface area (Å²) in [5, 5.41) is 1.89. The average Bonchev–Trinajstić information content (AvgIpc) is 2.45. The molecular formula is C10H11ClN2. The Balaban J connectivity index is 2.89. The number of hydrogen-bond acceptors (Lipinski definition) is 1. The van der Waals surface area contributed by atoms with Gasteiger partial charge in [0.05, 0.1) is 5.02 Å². The van der Waals surface area contributed by atoms with E-state index >= 15 is 0 Å². The van der Waals surface area contributed by atoms with Gasteiger partial charge in [-0.2, -0.15) is 0 Å². The number of halogens is 1. The summed E-state index contributed by atoms with van der Waals surface area (Å²) in [7, 11) is 1.99. The summed E-state index contributed by atoms with van der Waals surface area (Å²) in [4.78, 5) is 4.29. The Morgan fingerprint density at radius 1 is 1.54 bits per heavy atom. The number of hydrogen-bond donors (Lipinski definition) is 0. The highest BCUT2D eigenvalue weighted by atomic mass is 35.5. The van der Waals surface area contributed by atoms with E-state index in [-0.39, 0.29) is 0 Å². The SMILES string of the molecule is CCc1cn(C)c2nccc(Cl)c12. The van der Waals surface area contributed by atoms with Crippen molar-refractivity contribution in [3.63, 3.8) is 0 Å². The third-order valence-electron chi connectivity index (χ3n) is 2.27. The van der Waals surface area contributed by atoms with Crippen LogP contribution in [-0.2, 0) is 13.5 Å². The van der Waals surface area contributed by atoms with Crippen molar-refractivity contribution < 1.29 is 0 Å². The molecule has 0 saturated carbocycles. The van der Waals surface area contributed by atoms with Gasteiger partial charge in [-0.15, -0.1) is 0 Å². The second-order valence-electron chi connectivity index (χ2n) is 3.11. The van der Waals surface area contributed by atoms with Gasteiger partial charge in [0.2, 0.25) is 0 Å². The van der Waals surface area contributed by atoms with Crippen LogP contribution in [0.1, 0.15) is 12.5 Å². The summed E-state index contributed by atoms with van der Waals surface area (Å²) >= 11 is 6.10. The maximum atomic E-state index is 6.10. The van der Waals surface area contributed by atoms with E-state index in [0.29, 0.717) is 0 Å². The summed E-state index contributed by atoms with van der Waals surface area (Å²) < 4.78 is 2.01. The summed E-state index contributed by atoms with van der Waals surface area (Å²) in [5.74, 6) is 0. The zero-order chi connectivity index (χ0) is 9.42. The van der Waals surface area contributed by atoms with Gasteiger partial charge in [-0.05, 0) is 18.1 Å². The van der Waals surface area contributed by atoms with Crippen LogP contribution >= 0.6 is 11.6 Å². The number of rotatable bonds is 1. The summed E-state index contributed by atoms with van der Waals surface area (Å²) in [6.45, 7) is 2.12. The van der Waals surface area contributed by atoms with E-state index in [1.54, 1.807) is 6.20 Å². The van der Waals surface area contributed by atoms with Gasteiger partial charge in [0.1, 0.15) is 5.65 Å². The van der Waals surface area contributed by atoms with E-state index in [4.69, 9.17) is 11.6 Å². The lowest BCUT2D eigenvalue weighted by atomic mass is 10.2. The second-order valence-corrected chi connectivity index (χ2v) is 3.52. The maximum Gasteiger partial charge on any atom is 0.141 e. The molecular weight excluding hydrogens is 184 g/mol. The molecule has 0 unspecified atom stereocenters. The molecule has 2 aromatic heterocycles. The molecule has 68 valence electrons. The van der Waals surface area contributed by atoms with Crippen LogP contribution in [0.2, 0.25) is 5.02 Å². The van der Waals surface area contributed by atoms with Crippen LogP contribution in [0.4, 0.5) is 0 Å². The smallest absolute Gasteiger partial charge is 0.141 e. The molecule has 2 heterocycles. The molecule has 0 aromatic carbocycles. The van der Waals surface area contributed by atoms with Gasteiger partial charge in [0.25, 0.3) is 0 Å². The van der Waals surface area contributed by atoms with Crippen LogP contribution < -0.4 is 0 Å². The zero-order valence-corrected chi connectivity index (χ0v) is 8.47. The van der Waals surface area contributed by atoms with Gasteiger partial charge >= 0.3 is 0 Å². The molecule has 0 spiro atoms. The first-order valence-electron chi connectivity index (χ1n) is 4.32. The molecule has 2 aromatic rings. The number of pyridine rings is 1. The predicted molar refractivity (Wildman–Crippen MR) is 55.1 cm³/mol. The molecule has 0 aliphatic carbocycles. The van der Waals surface area contributed by atoms with Crippen molar-refractivity contribution in [3.05, 3.63) is 29.0 Å². The second kappa shape index (κ2) is 3.04. The lowest BCUT2D eigenvalue weighted by Gasteiger charge is -1.96. The monoisotopic (exact) mass is 194 g/mol. The van der Waals surface area contributed by atoms with Crippen LogP contribution in [0, 0.1) is 0 Å². The Kier molecular flexibility index (Phi) is 2.00. The van der Waals surface area contributed by atoms with Crippen molar-refractivity contribution >= 4 is 22.6 Å². The standard InChI is InChI=1S/C10H11ClN2/c1-3-7-6-13(2)10-9(7)8(11)4-5-12-10/h4-6H,3H2,1-2H3.